The molecule has 2 aromatic heterocycles. The van der Waals surface area contributed by atoms with Crippen molar-refractivity contribution < 1.29 is 27.1 Å². The van der Waals surface area contributed by atoms with Crippen LogP contribution in [0.15, 0.2) is 46.0 Å². The zero-order valence-corrected chi connectivity index (χ0v) is 17.1. The van der Waals surface area contributed by atoms with Crippen molar-refractivity contribution in [2.24, 2.45) is 5.14 Å². The number of benzene rings is 1. The number of thiophene rings is 1. The molecule has 0 atom stereocenters. The van der Waals surface area contributed by atoms with Gasteiger partial charge in [0.05, 0.1) is 5.56 Å². The first-order chi connectivity index (χ1) is 13.6. The molecule has 0 bridgehead atoms. The van der Waals surface area contributed by atoms with Crippen LogP contribution in [0.2, 0.25) is 0 Å². The predicted octanol–water partition coefficient (Wildman–Crippen LogP) is 2.98. The normalized spacial score (nSPS) is 11.4. The monoisotopic (exact) mass is 436 g/mol. The lowest BCUT2D eigenvalue weighted by Crippen LogP contribution is -2.15. The largest absolute Gasteiger partial charge is 0.454 e. The van der Waals surface area contributed by atoms with Crippen LogP contribution in [0.1, 0.15) is 32.1 Å². The van der Waals surface area contributed by atoms with Crippen LogP contribution in [-0.4, -0.2) is 31.3 Å². The molecule has 0 unspecified atom stereocenters. The summed E-state index contributed by atoms with van der Waals surface area (Å²) < 4.78 is 42.7. The molecule has 0 aliphatic carbocycles. The molecule has 10 heteroatoms. The van der Waals surface area contributed by atoms with E-state index in [1.54, 1.807) is 36.6 Å². The van der Waals surface area contributed by atoms with Gasteiger partial charge in [-0.1, -0.05) is 6.07 Å². The summed E-state index contributed by atoms with van der Waals surface area (Å²) in [5.74, 6) is -1.66. The van der Waals surface area contributed by atoms with E-state index < -0.39 is 34.2 Å². The number of ether oxygens (including phenoxy) is 1. The Bertz CT molecular complexity index is 1210. The smallest absolute Gasteiger partial charge is 0.339 e. The van der Waals surface area contributed by atoms with Gasteiger partial charge in [0, 0.05) is 28.0 Å². The highest BCUT2D eigenvalue weighted by molar-refractivity contribution is 7.91. The van der Waals surface area contributed by atoms with Crippen LogP contribution in [0.5, 0.6) is 0 Å². The number of rotatable bonds is 6. The molecule has 0 amide bonds. The summed E-state index contributed by atoms with van der Waals surface area (Å²) >= 11 is 0.789. The van der Waals surface area contributed by atoms with Crippen LogP contribution in [0.3, 0.4) is 0 Å². The third kappa shape index (κ3) is 4.44. The molecule has 2 N–H and O–H groups in total. The highest BCUT2D eigenvalue weighted by atomic mass is 32.2. The second-order valence-corrected chi connectivity index (χ2v) is 9.00. The fraction of sp³-hybridized carbons (Fsp3) is 0.158. The second-order valence-electron chi connectivity index (χ2n) is 6.30. The Balaban J connectivity index is 1.76. The van der Waals surface area contributed by atoms with Crippen molar-refractivity contribution in [2.45, 2.75) is 18.1 Å². The number of carbonyl (C=O) groups is 2. The van der Waals surface area contributed by atoms with Gasteiger partial charge in [0.2, 0.25) is 15.8 Å². The SMILES string of the molecule is Cc1cc(C(=O)COC(=O)c2csc(S(N)(=O)=O)c2)c(C)n1-c1cccc(F)c1. The molecular weight excluding hydrogens is 419 g/mol. The Morgan fingerprint density at radius 3 is 2.55 bits per heavy atom. The average molecular weight is 436 g/mol. The number of nitrogens with zero attached hydrogens (tertiary/aromatic N) is 1. The molecule has 3 aromatic rings. The first-order valence-corrected chi connectivity index (χ1v) is 10.8. The van der Waals surface area contributed by atoms with Crippen molar-refractivity contribution in [3.8, 4) is 5.69 Å². The fourth-order valence-electron chi connectivity index (χ4n) is 2.92. The minimum absolute atomic E-state index is 0.00272. The standard InChI is InChI=1S/C19H17FN2O5S2/c1-11-6-16(12(2)22(11)15-5-3-4-14(20)8-15)17(23)9-27-19(24)13-7-18(28-10-13)29(21,25)26/h3-8,10H,9H2,1-2H3,(H2,21,25,26). The van der Waals surface area contributed by atoms with Gasteiger partial charge >= 0.3 is 5.97 Å². The number of carbonyl (C=O) groups excluding carboxylic acids is 2. The quantitative estimate of drug-likeness (QED) is 0.472. The highest BCUT2D eigenvalue weighted by Crippen LogP contribution is 2.23. The number of aromatic nitrogens is 1. The molecule has 3 rings (SSSR count). The van der Waals surface area contributed by atoms with E-state index in [9.17, 15) is 22.4 Å². The zero-order valence-electron chi connectivity index (χ0n) is 15.5. The third-order valence-electron chi connectivity index (χ3n) is 4.22. The third-order valence-corrected chi connectivity index (χ3v) is 6.61. The Kier molecular flexibility index (Phi) is 5.69. The number of nitrogens with two attached hydrogens (primary N) is 1. The van der Waals surface area contributed by atoms with Gasteiger partial charge < -0.3 is 9.30 Å². The van der Waals surface area contributed by atoms with Gasteiger partial charge in [-0.3, -0.25) is 4.79 Å². The first kappa shape index (κ1) is 20.9. The van der Waals surface area contributed by atoms with E-state index in [-0.39, 0.29) is 9.77 Å². The van der Waals surface area contributed by atoms with Gasteiger partial charge in [-0.25, -0.2) is 22.7 Å². The van der Waals surface area contributed by atoms with Crippen molar-refractivity contribution in [2.75, 3.05) is 6.61 Å². The maximum atomic E-state index is 13.5. The summed E-state index contributed by atoms with van der Waals surface area (Å²) in [4.78, 5) is 24.6. The number of esters is 1. The number of hydrogen-bond donors (Lipinski definition) is 1. The van der Waals surface area contributed by atoms with E-state index in [0.717, 1.165) is 23.1 Å². The van der Waals surface area contributed by atoms with Gasteiger partial charge in [0.15, 0.2) is 6.61 Å². The first-order valence-electron chi connectivity index (χ1n) is 8.34. The number of sulfonamides is 1. The molecule has 0 spiro atoms. The summed E-state index contributed by atoms with van der Waals surface area (Å²) in [5.41, 5.74) is 2.22. The number of aryl methyl sites for hydroxylation is 1. The number of ketones is 1. The Morgan fingerprint density at radius 2 is 1.93 bits per heavy atom. The minimum atomic E-state index is -3.91. The van der Waals surface area contributed by atoms with Crippen LogP contribution >= 0.6 is 11.3 Å². The van der Waals surface area contributed by atoms with Crippen LogP contribution in [0, 0.1) is 19.7 Å². The lowest BCUT2D eigenvalue weighted by Gasteiger charge is -2.10. The molecule has 152 valence electrons. The van der Waals surface area contributed by atoms with E-state index in [1.165, 1.54) is 17.5 Å². The Labute approximate surface area is 170 Å². The molecule has 2 heterocycles. The van der Waals surface area contributed by atoms with Gasteiger partial charge in [-0.2, -0.15) is 0 Å². The van der Waals surface area contributed by atoms with Crippen LogP contribution in [-0.2, 0) is 14.8 Å². The predicted molar refractivity (Wildman–Crippen MR) is 106 cm³/mol. The lowest BCUT2D eigenvalue weighted by molar-refractivity contribution is 0.0475. The van der Waals surface area contributed by atoms with Crippen LogP contribution in [0.4, 0.5) is 4.39 Å². The number of Topliss-reactive ketones (excluding diaryl/α,β-unsaturated/α-hetero) is 1. The van der Waals surface area contributed by atoms with Crippen molar-refractivity contribution in [3.63, 3.8) is 0 Å². The summed E-state index contributed by atoms with van der Waals surface area (Å²) in [5, 5.41) is 6.30. The van der Waals surface area contributed by atoms with Crippen molar-refractivity contribution in [1.82, 2.24) is 4.57 Å². The number of halogens is 1. The van der Waals surface area contributed by atoms with E-state index in [0.29, 0.717) is 16.9 Å². The second kappa shape index (κ2) is 7.90. The fourth-order valence-corrected chi connectivity index (χ4v) is 4.50. The summed E-state index contributed by atoms with van der Waals surface area (Å²) in [7, 11) is -3.91. The highest BCUT2D eigenvalue weighted by Gasteiger charge is 2.20. The molecule has 0 radical (unpaired) electrons. The minimum Gasteiger partial charge on any atom is -0.454 e. The molecule has 0 aliphatic heterocycles. The summed E-state index contributed by atoms with van der Waals surface area (Å²) in [6.07, 6.45) is 0. The van der Waals surface area contributed by atoms with E-state index in [1.807, 2.05) is 0 Å². The van der Waals surface area contributed by atoms with Crippen LogP contribution in [0.25, 0.3) is 5.69 Å². The summed E-state index contributed by atoms with van der Waals surface area (Å²) in [6, 6.07) is 8.71. The van der Waals surface area contributed by atoms with Gasteiger partial charge in [-0.15, -0.1) is 11.3 Å². The maximum Gasteiger partial charge on any atom is 0.339 e. The lowest BCUT2D eigenvalue weighted by atomic mass is 10.1. The zero-order chi connectivity index (χ0) is 21.3. The van der Waals surface area contributed by atoms with E-state index in [4.69, 9.17) is 9.88 Å². The molecule has 0 saturated carbocycles. The molecule has 7 nitrogen and oxygen atoms in total. The van der Waals surface area contributed by atoms with Crippen molar-refractivity contribution in [3.05, 3.63) is 70.1 Å². The molecule has 29 heavy (non-hydrogen) atoms. The number of primary sulfonamides is 1. The van der Waals surface area contributed by atoms with Gasteiger partial charge in [-0.05, 0) is 44.2 Å². The molecule has 1 aromatic carbocycles. The van der Waals surface area contributed by atoms with Crippen LogP contribution < -0.4 is 5.14 Å². The molecule has 0 aliphatic rings. The Hall–Kier alpha value is -2.82. The summed E-state index contributed by atoms with van der Waals surface area (Å²) in [6.45, 7) is 2.97. The van der Waals surface area contributed by atoms with Crippen molar-refractivity contribution >= 4 is 33.1 Å². The van der Waals surface area contributed by atoms with Gasteiger partial charge in [0.1, 0.15) is 10.0 Å². The van der Waals surface area contributed by atoms with Gasteiger partial charge in [0.25, 0.3) is 0 Å². The molecular formula is C19H17FN2O5S2. The van der Waals surface area contributed by atoms with E-state index >= 15 is 0 Å². The number of hydrogen-bond acceptors (Lipinski definition) is 6. The van der Waals surface area contributed by atoms with E-state index in [2.05, 4.69) is 0 Å². The average Bonchev–Trinajstić information content (AvgIpc) is 3.24. The Morgan fingerprint density at radius 1 is 1.21 bits per heavy atom. The molecule has 0 saturated heterocycles. The topological polar surface area (TPSA) is 108 Å². The molecule has 0 fully saturated rings. The maximum absolute atomic E-state index is 13.5. The van der Waals surface area contributed by atoms with Crippen molar-refractivity contribution in [1.29, 1.82) is 0 Å².